The molecule has 0 unspecified atom stereocenters. The van der Waals surface area contributed by atoms with Gasteiger partial charge < -0.3 is 5.11 Å². The molecule has 30 heavy (non-hydrogen) atoms. The Morgan fingerprint density at radius 3 is 2.17 bits per heavy atom. The van der Waals surface area contributed by atoms with Crippen molar-refractivity contribution in [2.75, 3.05) is 0 Å². The van der Waals surface area contributed by atoms with E-state index < -0.39 is 0 Å². The van der Waals surface area contributed by atoms with Gasteiger partial charge in [-0.25, -0.2) is 0 Å². The summed E-state index contributed by atoms with van der Waals surface area (Å²) in [7, 11) is 0. The number of phenolic OH excluding ortho intramolecular Hbond substituents is 1. The van der Waals surface area contributed by atoms with Gasteiger partial charge in [0.05, 0.1) is 5.56 Å². The summed E-state index contributed by atoms with van der Waals surface area (Å²) in [5.74, 6) is -0.0267. The van der Waals surface area contributed by atoms with Gasteiger partial charge in [0.2, 0.25) is 0 Å². The minimum absolute atomic E-state index is 0.0247. The number of ketones is 2. The van der Waals surface area contributed by atoms with Crippen molar-refractivity contribution in [2.24, 2.45) is 0 Å². The van der Waals surface area contributed by atoms with E-state index in [1.807, 2.05) is 0 Å². The second-order valence-electron chi connectivity index (χ2n) is 7.75. The van der Waals surface area contributed by atoms with Crippen LogP contribution in [0.5, 0.6) is 5.75 Å². The first kappa shape index (κ1) is 25.6. The van der Waals surface area contributed by atoms with Gasteiger partial charge in [-0.1, -0.05) is 68.7 Å². The summed E-state index contributed by atoms with van der Waals surface area (Å²) >= 11 is 0. The smallest absolute Gasteiger partial charge is 0.163 e. The second-order valence-corrected chi connectivity index (χ2v) is 7.75. The molecule has 1 aromatic rings. The molecule has 0 saturated heterocycles. The quantitative estimate of drug-likeness (QED) is 0.177. The average Bonchev–Trinajstić information content (AvgIpc) is 2.72. The van der Waals surface area contributed by atoms with E-state index in [4.69, 9.17) is 0 Å². The molecule has 1 aromatic carbocycles. The average molecular weight is 411 g/mol. The Bertz CT molecular complexity index is 726. The van der Waals surface area contributed by atoms with Crippen LogP contribution >= 0.6 is 0 Å². The Labute approximate surface area is 182 Å². The number of carbonyl (C=O) groups excluding carboxylic acids is 2. The number of Topliss-reactive ketones (excluding diaryl/α,β-unsaturated/α-hetero) is 2. The lowest BCUT2D eigenvalue weighted by Crippen LogP contribution is -2.04. The molecule has 1 N–H and O–H groups in total. The summed E-state index contributed by atoms with van der Waals surface area (Å²) in [6.07, 6.45) is 24.0. The molecule has 0 radical (unpaired) electrons. The number of rotatable bonds is 16. The highest BCUT2D eigenvalue weighted by atomic mass is 16.3. The Morgan fingerprint density at radius 1 is 0.867 bits per heavy atom. The number of unbranched alkanes of at least 4 members (excludes halogenated alkanes) is 5. The van der Waals surface area contributed by atoms with E-state index in [0.717, 1.165) is 50.5 Å². The molecule has 164 valence electrons. The third-order valence-electron chi connectivity index (χ3n) is 4.92. The lowest BCUT2D eigenvalue weighted by atomic mass is 10.00. The van der Waals surface area contributed by atoms with Crippen molar-refractivity contribution in [2.45, 2.75) is 84.5 Å². The molecule has 3 nitrogen and oxygen atoms in total. The number of allylic oxidation sites excluding steroid dienone is 6. The van der Waals surface area contributed by atoms with Crippen LogP contribution in [-0.2, 0) is 11.2 Å². The number of aromatic hydroxyl groups is 1. The van der Waals surface area contributed by atoms with E-state index >= 15 is 0 Å². The van der Waals surface area contributed by atoms with Crippen molar-refractivity contribution < 1.29 is 14.7 Å². The van der Waals surface area contributed by atoms with Crippen LogP contribution < -0.4 is 0 Å². The van der Waals surface area contributed by atoms with Gasteiger partial charge in [-0.2, -0.15) is 0 Å². The van der Waals surface area contributed by atoms with E-state index in [1.165, 1.54) is 25.8 Å². The lowest BCUT2D eigenvalue weighted by Gasteiger charge is -2.05. The Kier molecular flexibility index (Phi) is 14.0. The topological polar surface area (TPSA) is 54.4 Å². The summed E-state index contributed by atoms with van der Waals surface area (Å²) in [5, 5.41) is 9.68. The highest BCUT2D eigenvalue weighted by Gasteiger charge is 2.10. The highest BCUT2D eigenvalue weighted by molar-refractivity contribution is 5.97. The normalized spacial score (nSPS) is 11.8. The van der Waals surface area contributed by atoms with Crippen molar-refractivity contribution in [3.05, 3.63) is 65.8 Å². The Morgan fingerprint density at radius 2 is 1.50 bits per heavy atom. The Balaban J connectivity index is 2.07. The van der Waals surface area contributed by atoms with Crippen LogP contribution in [0.15, 0.2) is 54.7 Å². The molecule has 0 heterocycles. The van der Waals surface area contributed by atoms with Crippen molar-refractivity contribution in [3.8, 4) is 5.75 Å². The fourth-order valence-corrected chi connectivity index (χ4v) is 3.17. The highest BCUT2D eigenvalue weighted by Crippen LogP contribution is 2.20. The second kappa shape index (κ2) is 16.4. The molecular weight excluding hydrogens is 372 g/mol. The summed E-state index contributed by atoms with van der Waals surface area (Å²) < 4.78 is 0. The summed E-state index contributed by atoms with van der Waals surface area (Å²) in [6.45, 7) is 3.61. The molecule has 1 rings (SSSR count). The molecule has 0 bridgehead atoms. The van der Waals surface area contributed by atoms with Crippen LogP contribution in [0.25, 0.3) is 0 Å². The molecule has 0 spiro atoms. The maximum atomic E-state index is 12.1. The minimum atomic E-state index is -0.188. The monoisotopic (exact) mass is 410 g/mol. The van der Waals surface area contributed by atoms with Crippen LogP contribution in [0.3, 0.4) is 0 Å². The standard InChI is InChI=1S/C27H38O3/c1-3-4-5-6-7-8-9-10-11-12-13-14-15-16-17-18-25(29)21-24-19-20-27(30)26(22-24)23(2)28/h5-6,8-9,11-12,19-20,22,30H,3-4,7,10,13-18,21H2,1-2H3/b6-5-,9-8-,12-11-. The number of hydrogen-bond donors (Lipinski definition) is 1. The van der Waals surface area contributed by atoms with Gasteiger partial charge >= 0.3 is 0 Å². The summed E-state index contributed by atoms with van der Waals surface area (Å²) in [5.41, 5.74) is 1.08. The summed E-state index contributed by atoms with van der Waals surface area (Å²) in [6, 6.07) is 4.83. The van der Waals surface area contributed by atoms with Crippen molar-refractivity contribution in [1.29, 1.82) is 0 Å². The van der Waals surface area contributed by atoms with Crippen molar-refractivity contribution >= 4 is 11.6 Å². The number of phenols is 1. The number of carbonyl (C=O) groups is 2. The van der Waals surface area contributed by atoms with Gasteiger partial charge in [0.15, 0.2) is 5.78 Å². The maximum absolute atomic E-state index is 12.1. The maximum Gasteiger partial charge on any atom is 0.163 e. The Hall–Kier alpha value is -2.42. The van der Waals surface area contributed by atoms with Gasteiger partial charge in [0.1, 0.15) is 11.5 Å². The predicted octanol–water partition coefficient (Wildman–Crippen LogP) is 7.30. The lowest BCUT2D eigenvalue weighted by molar-refractivity contribution is -0.118. The van der Waals surface area contributed by atoms with E-state index in [2.05, 4.69) is 43.4 Å². The zero-order valence-corrected chi connectivity index (χ0v) is 18.7. The summed E-state index contributed by atoms with van der Waals surface area (Å²) in [4.78, 5) is 23.6. The van der Waals surface area contributed by atoms with E-state index in [1.54, 1.807) is 12.1 Å². The van der Waals surface area contributed by atoms with E-state index in [0.29, 0.717) is 12.8 Å². The van der Waals surface area contributed by atoms with Gasteiger partial charge in [0.25, 0.3) is 0 Å². The third-order valence-corrected chi connectivity index (χ3v) is 4.92. The molecule has 0 atom stereocenters. The van der Waals surface area contributed by atoms with E-state index in [-0.39, 0.29) is 22.9 Å². The van der Waals surface area contributed by atoms with Crippen molar-refractivity contribution in [3.63, 3.8) is 0 Å². The molecular formula is C27H38O3. The minimum Gasteiger partial charge on any atom is -0.507 e. The zero-order chi connectivity index (χ0) is 22.0. The molecule has 3 heteroatoms. The molecule has 0 aromatic heterocycles. The first-order chi connectivity index (χ1) is 14.5. The molecule has 0 saturated carbocycles. The predicted molar refractivity (Wildman–Crippen MR) is 126 cm³/mol. The number of hydrogen-bond acceptors (Lipinski definition) is 3. The molecule has 0 aliphatic rings. The zero-order valence-electron chi connectivity index (χ0n) is 18.7. The van der Waals surface area contributed by atoms with Crippen LogP contribution in [0.2, 0.25) is 0 Å². The molecule has 0 amide bonds. The van der Waals surface area contributed by atoms with Gasteiger partial charge in [0, 0.05) is 12.8 Å². The first-order valence-electron chi connectivity index (χ1n) is 11.3. The van der Waals surface area contributed by atoms with Gasteiger partial charge in [-0.05, 0) is 63.1 Å². The van der Waals surface area contributed by atoms with Crippen LogP contribution in [0, 0.1) is 0 Å². The fraction of sp³-hybridized carbons (Fsp3) is 0.481. The van der Waals surface area contributed by atoms with E-state index in [9.17, 15) is 14.7 Å². The number of benzene rings is 1. The first-order valence-corrected chi connectivity index (χ1v) is 11.3. The molecule has 0 aliphatic heterocycles. The fourth-order valence-electron chi connectivity index (χ4n) is 3.17. The van der Waals surface area contributed by atoms with Gasteiger partial charge in [-0.3, -0.25) is 9.59 Å². The SMILES string of the molecule is CCC/C=C\C/C=C\C/C=C\CCCCCCC(=O)Cc1ccc(O)c(C(C)=O)c1. The van der Waals surface area contributed by atoms with Crippen LogP contribution in [0.4, 0.5) is 0 Å². The molecule has 0 fully saturated rings. The van der Waals surface area contributed by atoms with Gasteiger partial charge in [-0.15, -0.1) is 0 Å². The molecule has 0 aliphatic carbocycles. The third kappa shape index (κ3) is 12.2. The van der Waals surface area contributed by atoms with Crippen molar-refractivity contribution in [1.82, 2.24) is 0 Å². The largest absolute Gasteiger partial charge is 0.507 e. The van der Waals surface area contributed by atoms with Crippen LogP contribution in [0.1, 0.15) is 94.0 Å². The van der Waals surface area contributed by atoms with Crippen LogP contribution in [-0.4, -0.2) is 16.7 Å².